The molecule has 29 heavy (non-hydrogen) atoms. The summed E-state index contributed by atoms with van der Waals surface area (Å²) < 4.78 is 8.04. The van der Waals surface area contributed by atoms with Crippen LogP contribution < -0.4 is 16.0 Å². The third kappa shape index (κ3) is 4.81. The fraction of sp³-hybridized carbons (Fsp3) is 0.294. The second kappa shape index (κ2) is 8.72. The Labute approximate surface area is 172 Å². The van der Waals surface area contributed by atoms with Gasteiger partial charge in [0.2, 0.25) is 0 Å². The number of imidazole rings is 1. The minimum absolute atomic E-state index is 0.0607. The zero-order valence-corrected chi connectivity index (χ0v) is 16.7. The van der Waals surface area contributed by atoms with E-state index >= 15 is 0 Å². The van der Waals surface area contributed by atoms with Crippen LogP contribution in [0.25, 0.3) is 11.2 Å². The summed E-state index contributed by atoms with van der Waals surface area (Å²) in [5, 5.41) is 20.1. The molecule has 0 spiro atoms. The van der Waals surface area contributed by atoms with Crippen molar-refractivity contribution >= 4 is 40.5 Å². The maximum absolute atomic E-state index is 12.3. The molecular weight excluding hydrogens is 424 g/mol. The van der Waals surface area contributed by atoms with Gasteiger partial charge in [-0.3, -0.25) is 19.1 Å². The molecule has 2 heterocycles. The molecule has 2 aromatic heterocycles. The van der Waals surface area contributed by atoms with Gasteiger partial charge >= 0.3 is 11.7 Å². The summed E-state index contributed by atoms with van der Waals surface area (Å²) >= 11 is 6.70. The van der Waals surface area contributed by atoms with Gasteiger partial charge in [-0.1, -0.05) is 23.4 Å². The van der Waals surface area contributed by atoms with Gasteiger partial charge in [0.25, 0.3) is 5.56 Å². The van der Waals surface area contributed by atoms with Gasteiger partial charge in [-0.15, -0.1) is 0 Å². The molecule has 0 aliphatic rings. The van der Waals surface area contributed by atoms with E-state index in [1.54, 1.807) is 24.3 Å². The van der Waals surface area contributed by atoms with Crippen molar-refractivity contribution in [1.82, 2.24) is 19.1 Å². The molecular formula is C17H17ClN4O6S. The fourth-order valence-corrected chi connectivity index (χ4v) is 3.46. The van der Waals surface area contributed by atoms with Crippen LogP contribution in [-0.4, -0.2) is 53.7 Å². The predicted molar refractivity (Wildman–Crippen MR) is 107 cm³/mol. The first-order valence-corrected chi connectivity index (χ1v) is 9.73. The number of hydrogen-bond acceptors (Lipinski definition) is 7. The third-order valence-electron chi connectivity index (χ3n) is 3.95. The number of nitrogens with one attached hydrogen (secondary N) is 1. The minimum Gasteiger partial charge on any atom is -0.491 e. The summed E-state index contributed by atoms with van der Waals surface area (Å²) in [5.74, 6) is -0.861. The summed E-state index contributed by atoms with van der Waals surface area (Å²) in [6.45, 7) is -0.179. The van der Waals surface area contributed by atoms with E-state index in [2.05, 4.69) is 9.97 Å². The number of H-pyrrole nitrogens is 1. The average Bonchev–Trinajstić information content (AvgIpc) is 3.03. The van der Waals surface area contributed by atoms with Crippen LogP contribution in [0.1, 0.15) is 0 Å². The zero-order valence-electron chi connectivity index (χ0n) is 15.2. The summed E-state index contributed by atoms with van der Waals surface area (Å²) in [6, 6.07) is 6.59. The van der Waals surface area contributed by atoms with Crippen molar-refractivity contribution in [2.45, 2.75) is 17.8 Å². The largest absolute Gasteiger partial charge is 0.491 e. The van der Waals surface area contributed by atoms with Crippen molar-refractivity contribution in [2.75, 3.05) is 12.4 Å². The molecule has 10 nitrogen and oxygen atoms in total. The number of carboxylic acids is 1. The second-order valence-corrected chi connectivity index (χ2v) is 7.48. The number of hydrogen-bond donors (Lipinski definition) is 3. The molecule has 0 saturated heterocycles. The number of rotatable bonds is 8. The Morgan fingerprint density at radius 3 is 2.69 bits per heavy atom. The van der Waals surface area contributed by atoms with E-state index in [0.717, 1.165) is 16.3 Å². The number of aryl methyl sites for hydroxylation is 1. The lowest BCUT2D eigenvalue weighted by Gasteiger charge is -2.15. The smallest absolute Gasteiger partial charge is 0.329 e. The molecule has 0 aliphatic heterocycles. The standard InChI is InChI=1S/C17H17ClN4O6S/c1-21-14-13(15(26)20-16(21)27)22(17(19-14)29-8-12(24)25)6-10(23)7-28-11-4-2-9(18)3-5-11/h2-5,10,23H,6-8H2,1H3,(H,24,25)(H,20,26,27). The van der Waals surface area contributed by atoms with Crippen LogP contribution in [0, 0.1) is 0 Å². The van der Waals surface area contributed by atoms with Crippen LogP contribution in [0.4, 0.5) is 0 Å². The van der Waals surface area contributed by atoms with E-state index in [1.165, 1.54) is 11.6 Å². The van der Waals surface area contributed by atoms with Crippen LogP contribution >= 0.6 is 23.4 Å². The number of aromatic amines is 1. The fourth-order valence-electron chi connectivity index (χ4n) is 2.61. The van der Waals surface area contributed by atoms with E-state index in [9.17, 15) is 19.5 Å². The molecule has 154 valence electrons. The highest BCUT2D eigenvalue weighted by atomic mass is 35.5. The normalized spacial score (nSPS) is 12.2. The Kier molecular flexibility index (Phi) is 6.30. The van der Waals surface area contributed by atoms with Crippen LogP contribution in [0.5, 0.6) is 5.75 Å². The molecule has 12 heteroatoms. The van der Waals surface area contributed by atoms with E-state index < -0.39 is 23.3 Å². The molecule has 3 rings (SSSR count). The number of ether oxygens (including phenoxy) is 1. The number of aliphatic carboxylic acids is 1. The van der Waals surface area contributed by atoms with Crippen molar-refractivity contribution in [3.8, 4) is 5.75 Å². The topological polar surface area (TPSA) is 139 Å². The lowest BCUT2D eigenvalue weighted by molar-refractivity contribution is -0.133. The highest BCUT2D eigenvalue weighted by molar-refractivity contribution is 7.99. The van der Waals surface area contributed by atoms with Crippen molar-refractivity contribution in [3.05, 3.63) is 50.1 Å². The van der Waals surface area contributed by atoms with Crippen molar-refractivity contribution < 1.29 is 19.7 Å². The molecule has 1 aromatic carbocycles. The molecule has 0 aliphatic carbocycles. The molecule has 0 saturated carbocycles. The Morgan fingerprint density at radius 2 is 2.03 bits per heavy atom. The van der Waals surface area contributed by atoms with Gasteiger partial charge in [-0.2, -0.15) is 0 Å². The zero-order chi connectivity index (χ0) is 21.1. The van der Waals surface area contributed by atoms with E-state index in [-0.39, 0.29) is 35.2 Å². The van der Waals surface area contributed by atoms with Crippen LogP contribution in [0.3, 0.4) is 0 Å². The minimum atomic E-state index is -1.07. The number of nitrogens with zero attached hydrogens (tertiary/aromatic N) is 3. The Bertz CT molecular complexity index is 1150. The van der Waals surface area contributed by atoms with Gasteiger partial charge in [0.1, 0.15) is 18.5 Å². The number of benzene rings is 1. The lowest BCUT2D eigenvalue weighted by Crippen LogP contribution is -2.30. The Hall–Kier alpha value is -2.76. The highest BCUT2D eigenvalue weighted by Gasteiger charge is 2.20. The first-order chi connectivity index (χ1) is 13.8. The summed E-state index contributed by atoms with van der Waals surface area (Å²) in [5.41, 5.74) is -1.17. The van der Waals surface area contributed by atoms with Gasteiger partial charge in [-0.05, 0) is 24.3 Å². The van der Waals surface area contributed by atoms with Gasteiger partial charge in [0.05, 0.1) is 12.3 Å². The molecule has 0 fully saturated rings. The number of fused-ring (bicyclic) bond motifs is 1. The van der Waals surface area contributed by atoms with E-state index in [4.69, 9.17) is 21.4 Å². The number of thioether (sulfide) groups is 1. The predicted octanol–water partition coefficient (Wildman–Crippen LogP) is 0.693. The number of aliphatic hydroxyl groups excluding tert-OH is 1. The molecule has 0 amide bonds. The van der Waals surface area contributed by atoms with E-state index in [1.807, 2.05) is 0 Å². The van der Waals surface area contributed by atoms with Crippen molar-refractivity contribution in [2.24, 2.45) is 7.05 Å². The van der Waals surface area contributed by atoms with Crippen LogP contribution in [0.2, 0.25) is 5.02 Å². The molecule has 0 bridgehead atoms. The average molecular weight is 441 g/mol. The quantitative estimate of drug-likeness (QED) is 0.435. The number of aromatic nitrogens is 4. The molecule has 1 atom stereocenters. The van der Waals surface area contributed by atoms with Gasteiger partial charge in [-0.25, -0.2) is 9.78 Å². The number of carbonyl (C=O) groups is 1. The number of aliphatic hydroxyl groups is 1. The van der Waals surface area contributed by atoms with E-state index in [0.29, 0.717) is 10.8 Å². The summed E-state index contributed by atoms with van der Waals surface area (Å²) in [7, 11) is 1.43. The Balaban J connectivity index is 1.89. The first-order valence-electron chi connectivity index (χ1n) is 8.37. The van der Waals surface area contributed by atoms with Gasteiger partial charge < -0.3 is 19.5 Å². The number of carboxylic acid groups (broad SMARTS) is 1. The monoisotopic (exact) mass is 440 g/mol. The summed E-state index contributed by atoms with van der Waals surface area (Å²) in [4.78, 5) is 41.5. The highest BCUT2D eigenvalue weighted by Crippen LogP contribution is 2.22. The maximum Gasteiger partial charge on any atom is 0.329 e. The maximum atomic E-state index is 12.3. The molecule has 3 aromatic rings. The van der Waals surface area contributed by atoms with Crippen molar-refractivity contribution in [1.29, 1.82) is 0 Å². The van der Waals surface area contributed by atoms with Crippen molar-refractivity contribution in [3.63, 3.8) is 0 Å². The summed E-state index contributed by atoms with van der Waals surface area (Å²) in [6.07, 6.45) is -1.04. The van der Waals surface area contributed by atoms with Crippen LogP contribution in [0.15, 0.2) is 39.0 Å². The SMILES string of the molecule is Cn1c(=O)[nH]c(=O)c2c1nc(SCC(=O)O)n2CC(O)COc1ccc(Cl)cc1. The second-order valence-electron chi connectivity index (χ2n) is 6.10. The molecule has 0 radical (unpaired) electrons. The Morgan fingerprint density at radius 1 is 1.34 bits per heavy atom. The van der Waals surface area contributed by atoms with Gasteiger partial charge in [0, 0.05) is 12.1 Å². The number of halogens is 1. The molecule has 1 unspecified atom stereocenters. The van der Waals surface area contributed by atoms with Crippen LogP contribution in [-0.2, 0) is 18.4 Å². The van der Waals surface area contributed by atoms with Gasteiger partial charge in [0.15, 0.2) is 16.3 Å². The molecule has 3 N–H and O–H groups in total. The first kappa shape index (κ1) is 21.0. The third-order valence-corrected chi connectivity index (χ3v) is 5.16. The lowest BCUT2D eigenvalue weighted by atomic mass is 10.3.